The van der Waals surface area contributed by atoms with Gasteiger partial charge in [0.1, 0.15) is 0 Å². The van der Waals surface area contributed by atoms with Gasteiger partial charge < -0.3 is 11.1 Å². The summed E-state index contributed by atoms with van der Waals surface area (Å²) >= 11 is 5.74. The lowest BCUT2D eigenvalue weighted by molar-refractivity contribution is -0.115. The van der Waals surface area contributed by atoms with E-state index in [9.17, 15) is 9.00 Å². The highest BCUT2D eigenvalue weighted by atomic mass is 35.5. The molecule has 0 aliphatic rings. The van der Waals surface area contributed by atoms with Crippen molar-refractivity contribution in [3.8, 4) is 0 Å². The molecule has 0 aromatic heterocycles. The van der Waals surface area contributed by atoms with Crippen LogP contribution in [0.2, 0.25) is 5.02 Å². The standard InChI is InChI=1S/C11H15ClN2O2S/c1-2-17(16)6-5-11(15)14-10-4-3-8(12)7-9(10)13/h3-4,7H,2,5-6,13H2,1H3,(H,14,15). The molecular weight excluding hydrogens is 260 g/mol. The number of carbonyl (C=O) groups excluding carboxylic acids is 1. The molecule has 0 aliphatic heterocycles. The van der Waals surface area contributed by atoms with Crippen LogP contribution in [0, 0.1) is 0 Å². The van der Waals surface area contributed by atoms with Gasteiger partial charge in [-0.15, -0.1) is 0 Å². The van der Waals surface area contributed by atoms with Crippen molar-refractivity contribution in [1.29, 1.82) is 0 Å². The molecule has 1 aromatic carbocycles. The first kappa shape index (κ1) is 14.0. The molecule has 0 saturated heterocycles. The largest absolute Gasteiger partial charge is 0.397 e. The van der Waals surface area contributed by atoms with Crippen molar-refractivity contribution in [2.24, 2.45) is 0 Å². The number of hydrogen-bond donors (Lipinski definition) is 2. The van der Waals surface area contributed by atoms with Gasteiger partial charge in [0.05, 0.1) is 11.4 Å². The van der Waals surface area contributed by atoms with Crippen molar-refractivity contribution in [1.82, 2.24) is 0 Å². The minimum atomic E-state index is -0.928. The fourth-order valence-corrected chi connectivity index (χ4v) is 2.09. The molecule has 1 atom stereocenters. The molecule has 3 N–H and O–H groups in total. The Morgan fingerprint density at radius 1 is 1.53 bits per heavy atom. The molecule has 6 heteroatoms. The summed E-state index contributed by atoms with van der Waals surface area (Å²) in [6, 6.07) is 4.87. The first-order valence-electron chi connectivity index (χ1n) is 5.22. The van der Waals surface area contributed by atoms with Crippen molar-refractivity contribution >= 4 is 39.7 Å². The van der Waals surface area contributed by atoms with Gasteiger partial charge in [-0.05, 0) is 18.2 Å². The number of nitrogens with two attached hydrogens (primary N) is 1. The van der Waals surface area contributed by atoms with Gasteiger partial charge in [0, 0.05) is 33.7 Å². The number of anilines is 2. The Hall–Kier alpha value is -1.07. The smallest absolute Gasteiger partial charge is 0.225 e. The van der Waals surface area contributed by atoms with Crippen molar-refractivity contribution in [2.75, 3.05) is 22.6 Å². The van der Waals surface area contributed by atoms with E-state index in [2.05, 4.69) is 5.32 Å². The summed E-state index contributed by atoms with van der Waals surface area (Å²) in [5.41, 5.74) is 6.64. The highest BCUT2D eigenvalue weighted by Gasteiger charge is 2.07. The Morgan fingerprint density at radius 3 is 2.82 bits per heavy atom. The summed E-state index contributed by atoms with van der Waals surface area (Å²) in [4.78, 5) is 11.5. The molecule has 17 heavy (non-hydrogen) atoms. The molecule has 0 spiro atoms. The van der Waals surface area contributed by atoms with Crippen LogP contribution in [0.25, 0.3) is 0 Å². The number of nitrogens with one attached hydrogen (secondary N) is 1. The molecule has 0 fully saturated rings. The Balaban J connectivity index is 2.53. The Kier molecular flexibility index (Phi) is 5.44. The third kappa shape index (κ3) is 4.75. The lowest BCUT2D eigenvalue weighted by Gasteiger charge is -2.08. The number of rotatable bonds is 5. The molecule has 0 bridgehead atoms. The minimum absolute atomic E-state index is 0.194. The normalized spacial score (nSPS) is 12.1. The summed E-state index contributed by atoms with van der Waals surface area (Å²) in [5.74, 6) is 0.743. The Labute approximate surface area is 108 Å². The second kappa shape index (κ2) is 6.61. The van der Waals surface area contributed by atoms with Gasteiger partial charge in [0.25, 0.3) is 0 Å². The SMILES string of the molecule is CCS(=O)CCC(=O)Nc1ccc(Cl)cc1N. The molecule has 1 unspecified atom stereocenters. The van der Waals surface area contributed by atoms with E-state index >= 15 is 0 Å². The number of amides is 1. The molecule has 4 nitrogen and oxygen atoms in total. The van der Waals surface area contributed by atoms with E-state index in [0.29, 0.717) is 27.9 Å². The third-order valence-corrected chi connectivity index (χ3v) is 3.70. The van der Waals surface area contributed by atoms with Crippen molar-refractivity contribution in [3.63, 3.8) is 0 Å². The van der Waals surface area contributed by atoms with Crippen LogP contribution in [0.4, 0.5) is 11.4 Å². The first-order valence-corrected chi connectivity index (χ1v) is 7.09. The zero-order valence-electron chi connectivity index (χ0n) is 9.53. The van der Waals surface area contributed by atoms with Crippen LogP contribution < -0.4 is 11.1 Å². The summed E-state index contributed by atoms with van der Waals surface area (Å²) in [6.07, 6.45) is 0.225. The first-order chi connectivity index (χ1) is 8.02. The van der Waals surface area contributed by atoms with Crippen LogP contribution in [0.1, 0.15) is 13.3 Å². The van der Waals surface area contributed by atoms with E-state index in [1.54, 1.807) is 18.2 Å². The van der Waals surface area contributed by atoms with E-state index in [-0.39, 0.29) is 12.3 Å². The van der Waals surface area contributed by atoms with E-state index in [1.807, 2.05) is 6.92 Å². The fourth-order valence-electron chi connectivity index (χ4n) is 1.21. The lowest BCUT2D eigenvalue weighted by Crippen LogP contribution is -2.16. The van der Waals surface area contributed by atoms with E-state index < -0.39 is 10.8 Å². The molecule has 0 saturated carbocycles. The van der Waals surface area contributed by atoms with Gasteiger partial charge in [-0.1, -0.05) is 18.5 Å². The molecule has 0 aliphatic carbocycles. The van der Waals surface area contributed by atoms with Crippen LogP contribution in [-0.4, -0.2) is 21.6 Å². The third-order valence-electron chi connectivity index (χ3n) is 2.17. The topological polar surface area (TPSA) is 72.2 Å². The van der Waals surface area contributed by atoms with E-state index in [1.165, 1.54) is 0 Å². The predicted octanol–water partition coefficient (Wildman–Crippen LogP) is 2.02. The molecule has 0 radical (unpaired) electrons. The van der Waals surface area contributed by atoms with Crippen molar-refractivity contribution in [3.05, 3.63) is 23.2 Å². The molecule has 94 valence electrons. The summed E-state index contributed by atoms with van der Waals surface area (Å²) in [6.45, 7) is 1.82. The van der Waals surface area contributed by atoms with Gasteiger partial charge in [-0.2, -0.15) is 0 Å². The van der Waals surface area contributed by atoms with Gasteiger partial charge in [-0.25, -0.2) is 0 Å². The summed E-state index contributed by atoms with van der Waals surface area (Å²) in [5, 5.41) is 3.18. The molecule has 0 heterocycles. The van der Waals surface area contributed by atoms with Gasteiger partial charge in [-0.3, -0.25) is 9.00 Å². The maximum absolute atomic E-state index is 11.5. The number of halogens is 1. The maximum atomic E-state index is 11.5. The number of carbonyl (C=O) groups is 1. The highest BCUT2D eigenvalue weighted by Crippen LogP contribution is 2.22. The minimum Gasteiger partial charge on any atom is -0.397 e. The van der Waals surface area contributed by atoms with E-state index in [0.717, 1.165) is 0 Å². The van der Waals surface area contributed by atoms with Crippen LogP contribution in [-0.2, 0) is 15.6 Å². The van der Waals surface area contributed by atoms with Crippen LogP contribution in [0.5, 0.6) is 0 Å². The van der Waals surface area contributed by atoms with Crippen LogP contribution >= 0.6 is 11.6 Å². The summed E-state index contributed by atoms with van der Waals surface area (Å²) < 4.78 is 11.2. The fraction of sp³-hybridized carbons (Fsp3) is 0.364. The number of benzene rings is 1. The summed E-state index contributed by atoms with van der Waals surface area (Å²) in [7, 11) is -0.928. The maximum Gasteiger partial charge on any atom is 0.225 e. The Morgan fingerprint density at radius 2 is 2.24 bits per heavy atom. The zero-order chi connectivity index (χ0) is 12.8. The van der Waals surface area contributed by atoms with Crippen molar-refractivity contribution < 1.29 is 9.00 Å². The van der Waals surface area contributed by atoms with Crippen LogP contribution in [0.3, 0.4) is 0 Å². The Bertz CT molecular complexity index is 437. The van der Waals surface area contributed by atoms with Gasteiger partial charge in [0.15, 0.2) is 0 Å². The second-order valence-corrected chi connectivity index (χ2v) is 5.76. The molecule has 1 aromatic rings. The molecule has 1 rings (SSSR count). The van der Waals surface area contributed by atoms with Gasteiger partial charge in [0.2, 0.25) is 5.91 Å². The average Bonchev–Trinajstić information content (AvgIpc) is 2.29. The predicted molar refractivity (Wildman–Crippen MR) is 72.7 cm³/mol. The van der Waals surface area contributed by atoms with Crippen molar-refractivity contribution in [2.45, 2.75) is 13.3 Å². The second-order valence-electron chi connectivity index (χ2n) is 3.46. The quantitative estimate of drug-likeness (QED) is 0.807. The molecule has 1 amide bonds. The molecular formula is C11H15ClN2O2S. The van der Waals surface area contributed by atoms with Crippen LogP contribution in [0.15, 0.2) is 18.2 Å². The van der Waals surface area contributed by atoms with Gasteiger partial charge >= 0.3 is 0 Å². The monoisotopic (exact) mass is 274 g/mol. The average molecular weight is 275 g/mol. The highest BCUT2D eigenvalue weighted by molar-refractivity contribution is 7.84. The lowest BCUT2D eigenvalue weighted by atomic mass is 10.2. The number of nitrogen functional groups attached to an aromatic ring is 1. The number of hydrogen-bond acceptors (Lipinski definition) is 3. The van der Waals surface area contributed by atoms with E-state index in [4.69, 9.17) is 17.3 Å². The zero-order valence-corrected chi connectivity index (χ0v) is 11.1.